The predicted octanol–water partition coefficient (Wildman–Crippen LogP) is 1.61. The molecule has 0 fully saturated rings. The molecule has 0 bridgehead atoms. The summed E-state index contributed by atoms with van der Waals surface area (Å²) in [5.41, 5.74) is 2.30. The Labute approximate surface area is 83.9 Å². The van der Waals surface area contributed by atoms with Crippen molar-refractivity contribution < 1.29 is 4.79 Å². The summed E-state index contributed by atoms with van der Waals surface area (Å²) in [6.07, 6.45) is 1.65. The molecule has 0 aliphatic carbocycles. The van der Waals surface area contributed by atoms with E-state index >= 15 is 0 Å². The summed E-state index contributed by atoms with van der Waals surface area (Å²) < 4.78 is 0. The summed E-state index contributed by atoms with van der Waals surface area (Å²) in [7, 11) is 0. The minimum absolute atomic E-state index is 0.102. The molecule has 1 heterocycles. The quantitative estimate of drug-likeness (QED) is 0.736. The Morgan fingerprint density at radius 1 is 1.57 bits per heavy atom. The molecule has 0 atom stereocenters. The van der Waals surface area contributed by atoms with Crippen molar-refractivity contribution in [1.82, 2.24) is 10.3 Å². The number of hydrogen-bond acceptors (Lipinski definition) is 2. The van der Waals surface area contributed by atoms with Gasteiger partial charge in [0.2, 0.25) is 0 Å². The highest BCUT2D eigenvalue weighted by molar-refractivity contribution is 5.95. The smallest absolute Gasteiger partial charge is 0.253 e. The lowest BCUT2D eigenvalue weighted by molar-refractivity contribution is 0.0957. The molecule has 1 N–H and O–H groups in total. The number of nitrogens with zero attached hydrogens (tertiary/aromatic N) is 1. The number of aromatic nitrogens is 1. The van der Waals surface area contributed by atoms with Crippen molar-refractivity contribution in [2.75, 3.05) is 6.54 Å². The van der Waals surface area contributed by atoms with Gasteiger partial charge in [0.25, 0.3) is 5.91 Å². The molecule has 14 heavy (non-hydrogen) atoms. The van der Waals surface area contributed by atoms with Gasteiger partial charge in [0, 0.05) is 12.2 Å². The molecule has 0 saturated carbocycles. The first-order chi connectivity index (χ1) is 6.65. The highest BCUT2D eigenvalue weighted by atomic mass is 16.1. The molecule has 1 aromatic rings. The van der Waals surface area contributed by atoms with Crippen molar-refractivity contribution in [1.29, 1.82) is 0 Å². The fourth-order valence-electron chi connectivity index (χ4n) is 1.19. The van der Waals surface area contributed by atoms with E-state index in [1.54, 1.807) is 12.1 Å². The summed E-state index contributed by atoms with van der Waals surface area (Å²) >= 11 is 0. The van der Waals surface area contributed by atoms with Gasteiger partial charge in [-0.3, -0.25) is 9.78 Å². The van der Waals surface area contributed by atoms with E-state index in [0.29, 0.717) is 12.1 Å². The van der Waals surface area contributed by atoms with Crippen LogP contribution in [-0.4, -0.2) is 17.4 Å². The summed E-state index contributed by atoms with van der Waals surface area (Å²) in [5.74, 6) is -0.102. The highest BCUT2D eigenvalue weighted by Gasteiger charge is 2.07. The molecule has 74 valence electrons. The minimum Gasteiger partial charge on any atom is -0.349 e. The Morgan fingerprint density at radius 2 is 2.29 bits per heavy atom. The molecule has 1 aromatic heterocycles. The number of aryl methyl sites for hydroxylation is 2. The van der Waals surface area contributed by atoms with Crippen LogP contribution in [0.3, 0.4) is 0 Å². The average molecular weight is 190 g/mol. The van der Waals surface area contributed by atoms with Gasteiger partial charge < -0.3 is 5.32 Å². The van der Waals surface area contributed by atoms with E-state index in [1.807, 2.05) is 19.9 Å². The van der Waals surface area contributed by atoms with Crippen molar-refractivity contribution in [3.8, 4) is 0 Å². The molecule has 3 heteroatoms. The number of rotatable bonds is 3. The van der Waals surface area contributed by atoms with Crippen LogP contribution < -0.4 is 5.32 Å². The van der Waals surface area contributed by atoms with Gasteiger partial charge in [-0.25, -0.2) is 0 Å². The number of hydrogen-bond donors (Lipinski definition) is 1. The van der Waals surface area contributed by atoms with E-state index in [4.69, 9.17) is 0 Å². The Morgan fingerprint density at radius 3 is 2.86 bits per heavy atom. The fourth-order valence-corrected chi connectivity index (χ4v) is 1.19. The van der Waals surface area contributed by atoms with Gasteiger partial charge in [0.1, 0.15) is 0 Å². The van der Waals surface area contributed by atoms with Crippen LogP contribution >= 0.6 is 0 Å². The van der Waals surface area contributed by atoms with Crippen LogP contribution in [0.15, 0.2) is 24.8 Å². The van der Waals surface area contributed by atoms with Crippen LogP contribution in [0, 0.1) is 13.8 Å². The third kappa shape index (κ3) is 2.42. The molecular formula is C11H14N2O. The van der Waals surface area contributed by atoms with E-state index in [2.05, 4.69) is 16.9 Å². The lowest BCUT2D eigenvalue weighted by atomic mass is 10.2. The largest absolute Gasteiger partial charge is 0.349 e. The van der Waals surface area contributed by atoms with Gasteiger partial charge in [0.05, 0.1) is 11.3 Å². The summed E-state index contributed by atoms with van der Waals surface area (Å²) in [5, 5.41) is 2.71. The number of amides is 1. The van der Waals surface area contributed by atoms with E-state index < -0.39 is 0 Å². The second kappa shape index (κ2) is 4.56. The molecule has 0 unspecified atom stereocenters. The second-order valence-electron chi connectivity index (χ2n) is 3.08. The molecule has 0 radical (unpaired) electrons. The van der Waals surface area contributed by atoms with Crippen LogP contribution in [0.2, 0.25) is 0 Å². The Hall–Kier alpha value is -1.64. The Balaban J connectivity index is 2.84. The molecule has 1 rings (SSSR count). The first kappa shape index (κ1) is 10.4. The van der Waals surface area contributed by atoms with E-state index in [0.717, 1.165) is 11.4 Å². The van der Waals surface area contributed by atoms with Crippen molar-refractivity contribution in [2.24, 2.45) is 0 Å². The van der Waals surface area contributed by atoms with Crippen molar-refractivity contribution in [3.63, 3.8) is 0 Å². The molecule has 0 aliphatic heterocycles. The van der Waals surface area contributed by atoms with Gasteiger partial charge in [-0.15, -0.1) is 6.58 Å². The number of carbonyl (C=O) groups is 1. The summed E-state index contributed by atoms with van der Waals surface area (Å²) in [6.45, 7) is 7.74. The standard InChI is InChI=1S/C11H14N2O/c1-4-7-12-11(14)10-6-5-8(2)13-9(10)3/h4-6H,1,7H2,2-3H3,(H,12,14). The van der Waals surface area contributed by atoms with Crippen molar-refractivity contribution in [3.05, 3.63) is 41.7 Å². The molecular weight excluding hydrogens is 176 g/mol. The number of pyridine rings is 1. The lowest BCUT2D eigenvalue weighted by Gasteiger charge is -2.05. The molecule has 3 nitrogen and oxygen atoms in total. The van der Waals surface area contributed by atoms with E-state index in [9.17, 15) is 4.79 Å². The minimum atomic E-state index is -0.102. The summed E-state index contributed by atoms with van der Waals surface area (Å²) in [6, 6.07) is 3.62. The molecule has 0 saturated heterocycles. The SMILES string of the molecule is C=CCNC(=O)c1ccc(C)nc1C. The van der Waals surface area contributed by atoms with Crippen LogP contribution in [0.25, 0.3) is 0 Å². The van der Waals surface area contributed by atoms with Crippen molar-refractivity contribution >= 4 is 5.91 Å². The molecule has 0 aliphatic rings. The van der Waals surface area contributed by atoms with Gasteiger partial charge in [-0.05, 0) is 26.0 Å². The maximum absolute atomic E-state index is 11.5. The third-order valence-electron chi connectivity index (χ3n) is 1.88. The first-order valence-corrected chi connectivity index (χ1v) is 4.48. The topological polar surface area (TPSA) is 42.0 Å². The van der Waals surface area contributed by atoms with Crippen LogP contribution in [0.1, 0.15) is 21.7 Å². The zero-order valence-electron chi connectivity index (χ0n) is 8.50. The molecule has 0 aromatic carbocycles. The Bertz CT molecular complexity index is 358. The third-order valence-corrected chi connectivity index (χ3v) is 1.88. The van der Waals surface area contributed by atoms with E-state index in [-0.39, 0.29) is 5.91 Å². The molecule has 0 spiro atoms. The number of nitrogens with one attached hydrogen (secondary N) is 1. The fraction of sp³-hybridized carbons (Fsp3) is 0.273. The molecule has 1 amide bonds. The van der Waals surface area contributed by atoms with Gasteiger partial charge in [0.15, 0.2) is 0 Å². The van der Waals surface area contributed by atoms with Crippen LogP contribution in [0.5, 0.6) is 0 Å². The lowest BCUT2D eigenvalue weighted by Crippen LogP contribution is -2.24. The van der Waals surface area contributed by atoms with Gasteiger partial charge in [-0.2, -0.15) is 0 Å². The predicted molar refractivity (Wildman–Crippen MR) is 56.2 cm³/mol. The summed E-state index contributed by atoms with van der Waals surface area (Å²) in [4.78, 5) is 15.8. The zero-order chi connectivity index (χ0) is 10.6. The second-order valence-corrected chi connectivity index (χ2v) is 3.08. The monoisotopic (exact) mass is 190 g/mol. The van der Waals surface area contributed by atoms with Crippen LogP contribution in [-0.2, 0) is 0 Å². The van der Waals surface area contributed by atoms with Crippen LogP contribution in [0.4, 0.5) is 0 Å². The highest BCUT2D eigenvalue weighted by Crippen LogP contribution is 2.05. The first-order valence-electron chi connectivity index (χ1n) is 4.48. The van der Waals surface area contributed by atoms with Gasteiger partial charge in [-0.1, -0.05) is 6.08 Å². The van der Waals surface area contributed by atoms with E-state index in [1.165, 1.54) is 0 Å². The maximum atomic E-state index is 11.5. The van der Waals surface area contributed by atoms with Crippen molar-refractivity contribution in [2.45, 2.75) is 13.8 Å². The zero-order valence-corrected chi connectivity index (χ0v) is 8.50. The normalized spacial score (nSPS) is 9.57. The van der Waals surface area contributed by atoms with Gasteiger partial charge >= 0.3 is 0 Å². The average Bonchev–Trinajstić information content (AvgIpc) is 2.14. The Kier molecular flexibility index (Phi) is 3.40. The maximum Gasteiger partial charge on any atom is 0.253 e. The number of carbonyl (C=O) groups excluding carboxylic acids is 1.